The number of nitrogens with one attached hydrogen (secondary N) is 2. The summed E-state index contributed by atoms with van der Waals surface area (Å²) in [4.78, 5) is 16.1. The molecule has 0 radical (unpaired) electrons. The first-order valence-electron chi connectivity index (χ1n) is 6.86. The summed E-state index contributed by atoms with van der Waals surface area (Å²) in [6, 6.07) is 7.50. The van der Waals surface area contributed by atoms with E-state index in [0.717, 1.165) is 37.1 Å². The summed E-state index contributed by atoms with van der Waals surface area (Å²) in [5.74, 6) is 0.719. The molecule has 3 rings (SSSR count). The number of halogens is 1. The molecule has 0 unspecified atom stereocenters. The van der Waals surface area contributed by atoms with E-state index in [1.54, 1.807) is 6.20 Å². The summed E-state index contributed by atoms with van der Waals surface area (Å²) < 4.78 is 5.26. The van der Waals surface area contributed by atoms with Crippen LogP contribution < -0.4 is 10.6 Å². The number of amides is 1. The molecule has 0 aliphatic carbocycles. The third-order valence-electron chi connectivity index (χ3n) is 3.47. The van der Waals surface area contributed by atoms with Crippen LogP contribution in [0, 0.1) is 0 Å². The van der Waals surface area contributed by atoms with Crippen LogP contribution in [0.2, 0.25) is 0 Å². The minimum atomic E-state index is -0.0855. The zero-order chi connectivity index (χ0) is 13.8. The lowest BCUT2D eigenvalue weighted by Crippen LogP contribution is -2.43. The van der Waals surface area contributed by atoms with Crippen LogP contribution in [-0.4, -0.2) is 23.5 Å². The maximum Gasteiger partial charge on any atom is 0.241 e. The molecule has 1 saturated heterocycles. The van der Waals surface area contributed by atoms with E-state index in [4.69, 9.17) is 4.42 Å². The van der Waals surface area contributed by atoms with Gasteiger partial charge < -0.3 is 15.1 Å². The van der Waals surface area contributed by atoms with Gasteiger partial charge in [0.25, 0.3) is 0 Å². The third kappa shape index (κ3) is 3.83. The smallest absolute Gasteiger partial charge is 0.241 e. The normalized spacial score (nSPS) is 17.8. The number of anilines is 1. The van der Waals surface area contributed by atoms with Crippen molar-refractivity contribution < 1.29 is 9.21 Å². The number of oxazole rings is 1. The Morgan fingerprint density at radius 3 is 3.00 bits per heavy atom. The standard InChI is InChI=1S/C15H17N3O2.ClH/c19-15(13-6-1-2-7-17-13)18-12-5-3-4-11(8-12)14-9-16-10-20-14;/h3-5,8-10,13,17H,1-2,6-7H2,(H,18,19);1H/t13-;/m0./s1. The average molecular weight is 308 g/mol. The van der Waals surface area contributed by atoms with Crippen LogP contribution in [0.25, 0.3) is 11.3 Å². The number of piperidine rings is 1. The van der Waals surface area contributed by atoms with Crippen LogP contribution in [0.5, 0.6) is 0 Å². The molecule has 21 heavy (non-hydrogen) atoms. The van der Waals surface area contributed by atoms with Crippen molar-refractivity contribution in [2.45, 2.75) is 25.3 Å². The molecule has 1 aliphatic rings. The average Bonchev–Trinajstić information content (AvgIpc) is 3.03. The molecule has 0 bridgehead atoms. The van der Waals surface area contributed by atoms with Crippen molar-refractivity contribution in [2.24, 2.45) is 0 Å². The lowest BCUT2D eigenvalue weighted by molar-refractivity contribution is -0.118. The molecule has 0 saturated carbocycles. The summed E-state index contributed by atoms with van der Waals surface area (Å²) in [7, 11) is 0. The monoisotopic (exact) mass is 307 g/mol. The zero-order valence-corrected chi connectivity index (χ0v) is 12.4. The Bertz CT molecular complexity index is 580. The second-order valence-electron chi connectivity index (χ2n) is 4.94. The second-order valence-corrected chi connectivity index (χ2v) is 4.94. The van der Waals surface area contributed by atoms with Gasteiger partial charge in [0, 0.05) is 11.3 Å². The van der Waals surface area contributed by atoms with Crippen molar-refractivity contribution in [1.29, 1.82) is 0 Å². The molecule has 2 N–H and O–H groups in total. The van der Waals surface area contributed by atoms with Crippen LogP contribution in [0.1, 0.15) is 19.3 Å². The predicted molar refractivity (Wildman–Crippen MR) is 83.5 cm³/mol. The van der Waals surface area contributed by atoms with Crippen LogP contribution in [0.4, 0.5) is 5.69 Å². The highest BCUT2D eigenvalue weighted by Gasteiger charge is 2.20. The molecule has 0 spiro atoms. The molecule has 1 fully saturated rings. The number of benzene rings is 1. The Kier molecular flexibility index (Phi) is 5.36. The second kappa shape index (κ2) is 7.24. The zero-order valence-electron chi connectivity index (χ0n) is 11.5. The van der Waals surface area contributed by atoms with E-state index >= 15 is 0 Å². The number of hydrogen-bond donors (Lipinski definition) is 2. The van der Waals surface area contributed by atoms with Gasteiger partial charge in [-0.05, 0) is 31.5 Å². The Hall–Kier alpha value is -1.85. The number of hydrogen-bond acceptors (Lipinski definition) is 4. The summed E-state index contributed by atoms with van der Waals surface area (Å²) in [5, 5.41) is 6.19. The molecule has 112 valence electrons. The lowest BCUT2D eigenvalue weighted by atomic mass is 10.0. The number of carbonyl (C=O) groups excluding carboxylic acids is 1. The molecule has 1 amide bonds. The molecule has 1 aliphatic heterocycles. The van der Waals surface area contributed by atoms with Gasteiger partial charge in [0.15, 0.2) is 12.2 Å². The van der Waals surface area contributed by atoms with E-state index in [2.05, 4.69) is 15.6 Å². The topological polar surface area (TPSA) is 67.2 Å². The van der Waals surface area contributed by atoms with Gasteiger partial charge in [-0.15, -0.1) is 12.4 Å². The Balaban J connectivity index is 0.00000161. The highest BCUT2D eigenvalue weighted by molar-refractivity contribution is 5.95. The molecular formula is C15H18ClN3O2. The van der Waals surface area contributed by atoms with Crippen molar-refractivity contribution in [3.05, 3.63) is 36.9 Å². The third-order valence-corrected chi connectivity index (χ3v) is 3.47. The van der Waals surface area contributed by atoms with Crippen molar-refractivity contribution in [3.8, 4) is 11.3 Å². The molecular weight excluding hydrogens is 290 g/mol. The highest BCUT2D eigenvalue weighted by atomic mass is 35.5. The molecule has 1 aromatic heterocycles. The minimum absolute atomic E-state index is 0. The van der Waals surface area contributed by atoms with Crippen molar-refractivity contribution in [1.82, 2.24) is 10.3 Å². The Labute approximate surface area is 129 Å². The van der Waals surface area contributed by atoms with E-state index in [0.29, 0.717) is 5.76 Å². The van der Waals surface area contributed by atoms with Gasteiger partial charge in [0.1, 0.15) is 0 Å². The number of aromatic nitrogens is 1. The molecule has 1 aromatic carbocycles. The van der Waals surface area contributed by atoms with Crippen molar-refractivity contribution in [2.75, 3.05) is 11.9 Å². The summed E-state index contributed by atoms with van der Waals surface area (Å²) in [5.41, 5.74) is 1.67. The SMILES string of the molecule is Cl.O=C(Nc1cccc(-c2cnco2)c1)[C@@H]1CCCCN1. The van der Waals surface area contributed by atoms with Crippen LogP contribution >= 0.6 is 12.4 Å². The van der Waals surface area contributed by atoms with E-state index < -0.39 is 0 Å². The first kappa shape index (κ1) is 15.5. The van der Waals surface area contributed by atoms with Gasteiger partial charge in [0.2, 0.25) is 5.91 Å². The van der Waals surface area contributed by atoms with Gasteiger partial charge in [0.05, 0.1) is 12.2 Å². The predicted octanol–water partition coefficient (Wildman–Crippen LogP) is 2.84. The summed E-state index contributed by atoms with van der Waals surface area (Å²) >= 11 is 0. The van der Waals surface area contributed by atoms with Gasteiger partial charge in [-0.1, -0.05) is 18.6 Å². The van der Waals surface area contributed by atoms with Gasteiger partial charge >= 0.3 is 0 Å². The number of nitrogens with zero attached hydrogens (tertiary/aromatic N) is 1. The van der Waals surface area contributed by atoms with Crippen LogP contribution in [-0.2, 0) is 4.79 Å². The maximum atomic E-state index is 12.2. The van der Waals surface area contributed by atoms with E-state index in [1.807, 2.05) is 24.3 Å². The van der Waals surface area contributed by atoms with Gasteiger partial charge in [-0.3, -0.25) is 4.79 Å². The fourth-order valence-electron chi connectivity index (χ4n) is 2.41. The largest absolute Gasteiger partial charge is 0.444 e. The van der Waals surface area contributed by atoms with Crippen molar-refractivity contribution >= 4 is 24.0 Å². The molecule has 1 atom stereocenters. The lowest BCUT2D eigenvalue weighted by Gasteiger charge is -2.22. The molecule has 6 heteroatoms. The summed E-state index contributed by atoms with van der Waals surface area (Å²) in [6.07, 6.45) is 6.19. The summed E-state index contributed by atoms with van der Waals surface area (Å²) in [6.45, 7) is 0.913. The minimum Gasteiger partial charge on any atom is -0.444 e. The first-order valence-corrected chi connectivity index (χ1v) is 6.86. The van der Waals surface area contributed by atoms with E-state index in [9.17, 15) is 4.79 Å². The van der Waals surface area contributed by atoms with Crippen LogP contribution in [0.15, 0.2) is 41.3 Å². The molecule has 2 aromatic rings. The fraction of sp³-hybridized carbons (Fsp3) is 0.333. The highest BCUT2D eigenvalue weighted by Crippen LogP contribution is 2.22. The van der Waals surface area contributed by atoms with E-state index in [-0.39, 0.29) is 24.4 Å². The van der Waals surface area contributed by atoms with Gasteiger partial charge in [-0.25, -0.2) is 4.98 Å². The molecule has 2 heterocycles. The molecule has 5 nitrogen and oxygen atoms in total. The fourth-order valence-corrected chi connectivity index (χ4v) is 2.41. The number of rotatable bonds is 3. The first-order chi connectivity index (χ1) is 9.83. The quantitative estimate of drug-likeness (QED) is 0.915. The van der Waals surface area contributed by atoms with Crippen LogP contribution in [0.3, 0.4) is 0 Å². The van der Waals surface area contributed by atoms with E-state index in [1.165, 1.54) is 6.39 Å². The van der Waals surface area contributed by atoms with Crippen molar-refractivity contribution in [3.63, 3.8) is 0 Å². The van der Waals surface area contributed by atoms with Gasteiger partial charge in [-0.2, -0.15) is 0 Å². The number of carbonyl (C=O) groups is 1. The Morgan fingerprint density at radius 1 is 1.38 bits per heavy atom. The maximum absolute atomic E-state index is 12.2. The Morgan fingerprint density at radius 2 is 2.29 bits per heavy atom.